The lowest BCUT2D eigenvalue weighted by molar-refractivity contribution is 0.323. The van der Waals surface area contributed by atoms with E-state index in [0.29, 0.717) is 30.3 Å². The van der Waals surface area contributed by atoms with Gasteiger partial charge in [0.25, 0.3) is 0 Å². The number of benzene rings is 2. The van der Waals surface area contributed by atoms with Gasteiger partial charge in [-0.1, -0.05) is 23.7 Å². The van der Waals surface area contributed by atoms with E-state index in [1.165, 1.54) is 0 Å². The second kappa shape index (κ2) is 11.9. The summed E-state index contributed by atoms with van der Waals surface area (Å²) < 4.78 is 16.2. The zero-order chi connectivity index (χ0) is 19.8. The zero-order valence-corrected chi connectivity index (χ0v) is 19.9. The monoisotopic (exact) mass is 519 g/mol. The fraction of sp³-hybridized carbons (Fsp3) is 0.350. The number of guanidine groups is 1. The third-order valence-electron chi connectivity index (χ3n) is 4.08. The molecule has 0 bridgehead atoms. The molecule has 154 valence electrons. The molecule has 28 heavy (non-hydrogen) atoms. The summed E-state index contributed by atoms with van der Waals surface area (Å²) in [5, 5.41) is 4.08. The van der Waals surface area contributed by atoms with Gasteiger partial charge in [-0.25, -0.2) is 0 Å². The van der Waals surface area contributed by atoms with E-state index in [4.69, 9.17) is 25.8 Å². The van der Waals surface area contributed by atoms with Gasteiger partial charge in [0, 0.05) is 32.2 Å². The predicted molar refractivity (Wildman–Crippen MR) is 125 cm³/mol. The molecule has 8 heteroatoms. The lowest BCUT2D eigenvalue weighted by atomic mass is 10.1. The number of hydrogen-bond donors (Lipinski definition) is 1. The number of methoxy groups -OCH3 is 3. The van der Waals surface area contributed by atoms with Gasteiger partial charge in [0.05, 0.1) is 21.3 Å². The first-order chi connectivity index (χ1) is 13.0. The molecule has 0 aliphatic rings. The SMILES string of the molecule is CN=C(NCc1cc(OC)c(OC)c(OC)c1)N(C)Cc1ccc(Cl)cc1.I. The van der Waals surface area contributed by atoms with Crippen LogP contribution in [-0.2, 0) is 13.1 Å². The van der Waals surface area contributed by atoms with Gasteiger partial charge in [-0.05, 0) is 35.4 Å². The van der Waals surface area contributed by atoms with Crippen LogP contribution in [0.2, 0.25) is 5.02 Å². The van der Waals surface area contributed by atoms with Crippen LogP contribution in [0.4, 0.5) is 0 Å². The Balaban J connectivity index is 0.00000392. The molecule has 0 aromatic heterocycles. The van der Waals surface area contributed by atoms with Crippen molar-refractivity contribution in [1.82, 2.24) is 10.2 Å². The predicted octanol–water partition coefficient (Wildman–Crippen LogP) is 4.19. The summed E-state index contributed by atoms with van der Waals surface area (Å²) in [5.74, 6) is 2.60. The molecule has 0 amide bonds. The minimum Gasteiger partial charge on any atom is -0.493 e. The molecule has 6 nitrogen and oxygen atoms in total. The average molecular weight is 520 g/mol. The van der Waals surface area contributed by atoms with Crippen molar-refractivity contribution in [2.45, 2.75) is 13.1 Å². The van der Waals surface area contributed by atoms with Crippen molar-refractivity contribution in [1.29, 1.82) is 0 Å². The summed E-state index contributed by atoms with van der Waals surface area (Å²) in [4.78, 5) is 6.40. The van der Waals surface area contributed by atoms with E-state index in [0.717, 1.165) is 22.1 Å². The Morgan fingerprint density at radius 1 is 1.00 bits per heavy atom. The molecule has 0 heterocycles. The average Bonchev–Trinajstić information content (AvgIpc) is 2.69. The third kappa shape index (κ3) is 6.34. The molecule has 0 radical (unpaired) electrons. The Morgan fingerprint density at radius 2 is 1.57 bits per heavy atom. The largest absolute Gasteiger partial charge is 0.493 e. The summed E-state index contributed by atoms with van der Waals surface area (Å²) in [6, 6.07) is 11.6. The van der Waals surface area contributed by atoms with Crippen molar-refractivity contribution < 1.29 is 14.2 Å². The molecule has 0 fully saturated rings. The summed E-state index contributed by atoms with van der Waals surface area (Å²) in [5.41, 5.74) is 2.14. The number of rotatable bonds is 7. The first-order valence-electron chi connectivity index (χ1n) is 8.47. The summed E-state index contributed by atoms with van der Waals surface area (Å²) in [6.45, 7) is 1.28. The van der Waals surface area contributed by atoms with E-state index < -0.39 is 0 Å². The van der Waals surface area contributed by atoms with Crippen molar-refractivity contribution in [2.24, 2.45) is 4.99 Å². The van der Waals surface area contributed by atoms with Gasteiger partial charge >= 0.3 is 0 Å². The van der Waals surface area contributed by atoms with Gasteiger partial charge in [-0.15, -0.1) is 24.0 Å². The standard InChI is InChI=1S/C20H26ClN3O3.HI/c1-22-20(24(2)13-14-6-8-16(21)9-7-14)23-12-15-10-17(25-3)19(27-5)18(11-15)26-4;/h6-11H,12-13H2,1-5H3,(H,22,23);1H. The van der Waals surface area contributed by atoms with Crippen LogP contribution in [0.25, 0.3) is 0 Å². The van der Waals surface area contributed by atoms with Gasteiger partial charge < -0.3 is 24.4 Å². The molecule has 0 saturated heterocycles. The van der Waals surface area contributed by atoms with Crippen molar-refractivity contribution in [3.63, 3.8) is 0 Å². The maximum Gasteiger partial charge on any atom is 0.203 e. The number of nitrogens with one attached hydrogen (secondary N) is 1. The zero-order valence-electron chi connectivity index (χ0n) is 16.8. The number of nitrogens with zero attached hydrogens (tertiary/aromatic N) is 2. The van der Waals surface area contributed by atoms with E-state index in [1.54, 1.807) is 28.4 Å². The maximum absolute atomic E-state index is 5.95. The Kier molecular flexibility index (Phi) is 10.2. The number of hydrogen-bond acceptors (Lipinski definition) is 4. The summed E-state index contributed by atoms with van der Waals surface area (Å²) >= 11 is 5.95. The first kappa shape index (κ1) is 24.2. The molecule has 0 spiro atoms. The van der Waals surface area contributed by atoms with E-state index in [1.807, 2.05) is 48.3 Å². The van der Waals surface area contributed by atoms with E-state index in [2.05, 4.69) is 10.3 Å². The highest BCUT2D eigenvalue weighted by Crippen LogP contribution is 2.38. The fourth-order valence-electron chi connectivity index (χ4n) is 2.74. The summed E-state index contributed by atoms with van der Waals surface area (Å²) in [7, 11) is 8.54. The Bertz CT molecular complexity index is 760. The van der Waals surface area contributed by atoms with Gasteiger partial charge in [0.2, 0.25) is 5.75 Å². The number of halogens is 2. The van der Waals surface area contributed by atoms with Crippen molar-refractivity contribution in [3.8, 4) is 17.2 Å². The lowest BCUT2D eigenvalue weighted by Gasteiger charge is -2.22. The molecule has 0 unspecified atom stereocenters. The van der Waals surface area contributed by atoms with Gasteiger partial charge in [-0.2, -0.15) is 0 Å². The molecular weight excluding hydrogens is 493 g/mol. The highest BCUT2D eigenvalue weighted by molar-refractivity contribution is 14.0. The fourth-order valence-corrected chi connectivity index (χ4v) is 2.87. The maximum atomic E-state index is 5.95. The molecule has 2 aromatic rings. The van der Waals surface area contributed by atoms with Crippen molar-refractivity contribution in [3.05, 3.63) is 52.5 Å². The quantitative estimate of drug-likeness (QED) is 0.338. The topological polar surface area (TPSA) is 55.3 Å². The van der Waals surface area contributed by atoms with E-state index in [9.17, 15) is 0 Å². The van der Waals surface area contributed by atoms with Crippen LogP contribution >= 0.6 is 35.6 Å². The highest BCUT2D eigenvalue weighted by atomic mass is 127. The molecule has 1 N–H and O–H groups in total. The second-order valence-electron chi connectivity index (χ2n) is 5.92. The van der Waals surface area contributed by atoms with Gasteiger partial charge in [-0.3, -0.25) is 4.99 Å². The Labute approximate surface area is 188 Å². The first-order valence-corrected chi connectivity index (χ1v) is 8.85. The molecular formula is C20H27ClIN3O3. The lowest BCUT2D eigenvalue weighted by Crippen LogP contribution is -2.38. The van der Waals surface area contributed by atoms with E-state index >= 15 is 0 Å². The van der Waals surface area contributed by atoms with Crippen molar-refractivity contribution in [2.75, 3.05) is 35.4 Å². The number of aliphatic imine (C=N–C) groups is 1. The van der Waals surface area contributed by atoms with E-state index in [-0.39, 0.29) is 24.0 Å². The minimum atomic E-state index is 0. The van der Waals surface area contributed by atoms with Gasteiger partial charge in [0.1, 0.15) is 0 Å². The molecule has 0 aliphatic carbocycles. The van der Waals surface area contributed by atoms with Crippen LogP contribution in [0, 0.1) is 0 Å². The second-order valence-corrected chi connectivity index (χ2v) is 6.35. The van der Waals surface area contributed by atoms with Crippen LogP contribution in [0.15, 0.2) is 41.4 Å². The highest BCUT2D eigenvalue weighted by Gasteiger charge is 2.14. The van der Waals surface area contributed by atoms with Gasteiger partial charge in [0.15, 0.2) is 17.5 Å². The smallest absolute Gasteiger partial charge is 0.203 e. The Morgan fingerprint density at radius 3 is 2.04 bits per heavy atom. The number of ether oxygens (including phenoxy) is 3. The Hall–Kier alpha value is -1.87. The molecule has 0 saturated carbocycles. The van der Waals surface area contributed by atoms with Crippen LogP contribution < -0.4 is 19.5 Å². The summed E-state index contributed by atoms with van der Waals surface area (Å²) in [6.07, 6.45) is 0. The van der Waals surface area contributed by atoms with Crippen LogP contribution in [0.1, 0.15) is 11.1 Å². The third-order valence-corrected chi connectivity index (χ3v) is 4.33. The van der Waals surface area contributed by atoms with Crippen LogP contribution in [0.3, 0.4) is 0 Å². The van der Waals surface area contributed by atoms with Crippen LogP contribution in [-0.4, -0.2) is 46.3 Å². The molecule has 2 rings (SSSR count). The molecule has 2 aromatic carbocycles. The molecule has 0 aliphatic heterocycles. The van der Waals surface area contributed by atoms with Crippen LogP contribution in [0.5, 0.6) is 17.2 Å². The minimum absolute atomic E-state index is 0. The van der Waals surface area contributed by atoms with Crippen molar-refractivity contribution >= 4 is 41.5 Å². The normalized spacial score (nSPS) is 10.7. The molecule has 0 atom stereocenters.